The molecule has 3 rings (SSSR count). The molecule has 1 heterocycles. The van der Waals surface area contributed by atoms with Gasteiger partial charge in [0.05, 0.1) is 11.2 Å². The number of rotatable bonds is 2. The van der Waals surface area contributed by atoms with Crippen molar-refractivity contribution in [2.24, 2.45) is 5.84 Å². The quantitative estimate of drug-likeness (QED) is 0.617. The highest BCUT2D eigenvalue weighted by Gasteiger charge is 2.26. The van der Waals surface area contributed by atoms with Gasteiger partial charge in [0.15, 0.2) is 0 Å². The fourth-order valence-electron chi connectivity index (χ4n) is 2.26. The van der Waals surface area contributed by atoms with Gasteiger partial charge in [-0.15, -0.1) is 0 Å². The van der Waals surface area contributed by atoms with Crippen LogP contribution >= 0.6 is 0 Å². The minimum Gasteiger partial charge on any atom is -0.323 e. The summed E-state index contributed by atoms with van der Waals surface area (Å²) in [5.74, 6) is 5.81. The number of nitrogens with zero attached hydrogens (tertiary/aromatic N) is 1. The van der Waals surface area contributed by atoms with Crippen LogP contribution in [0.15, 0.2) is 18.2 Å². The second-order valence-corrected chi connectivity index (χ2v) is 4.63. The van der Waals surface area contributed by atoms with Crippen molar-refractivity contribution in [2.75, 3.05) is 5.43 Å². The predicted molar refractivity (Wildman–Crippen MR) is 66.2 cm³/mol. The predicted octanol–water partition coefficient (Wildman–Crippen LogP) is 2.85. The standard InChI is InChI=1S/C13H14FN3/c1-7-4-9(14)5-11-13(7)12(17-15)6-10(16-11)8-2-3-8/h4-6,8H,2-3,15H2,1H3,(H,16,17). The van der Waals surface area contributed by atoms with Gasteiger partial charge in [-0.3, -0.25) is 10.8 Å². The zero-order valence-electron chi connectivity index (χ0n) is 9.63. The molecule has 0 spiro atoms. The molecule has 1 fully saturated rings. The van der Waals surface area contributed by atoms with Crippen LogP contribution in [-0.2, 0) is 0 Å². The van der Waals surface area contributed by atoms with Crippen LogP contribution in [0.25, 0.3) is 10.9 Å². The first-order chi connectivity index (χ1) is 8.19. The summed E-state index contributed by atoms with van der Waals surface area (Å²) in [7, 11) is 0. The Morgan fingerprint density at radius 3 is 2.76 bits per heavy atom. The van der Waals surface area contributed by atoms with E-state index in [2.05, 4.69) is 10.4 Å². The number of hydrogen-bond donors (Lipinski definition) is 2. The lowest BCUT2D eigenvalue weighted by Gasteiger charge is -2.11. The SMILES string of the molecule is Cc1cc(F)cc2nc(C3CC3)cc(NN)c12. The smallest absolute Gasteiger partial charge is 0.125 e. The van der Waals surface area contributed by atoms with E-state index in [4.69, 9.17) is 5.84 Å². The molecule has 0 unspecified atom stereocenters. The van der Waals surface area contributed by atoms with Crippen LogP contribution in [0.4, 0.5) is 10.1 Å². The number of nitrogen functional groups attached to an aromatic ring is 1. The third-order valence-corrected chi connectivity index (χ3v) is 3.24. The number of nitrogens with two attached hydrogens (primary N) is 1. The highest BCUT2D eigenvalue weighted by molar-refractivity contribution is 5.94. The molecule has 0 aliphatic heterocycles. The van der Waals surface area contributed by atoms with Crippen molar-refractivity contribution in [1.82, 2.24) is 4.98 Å². The van der Waals surface area contributed by atoms with E-state index >= 15 is 0 Å². The molecule has 1 saturated carbocycles. The Morgan fingerprint density at radius 1 is 1.35 bits per heavy atom. The van der Waals surface area contributed by atoms with Crippen LogP contribution in [0, 0.1) is 12.7 Å². The van der Waals surface area contributed by atoms with Crippen molar-refractivity contribution in [3.8, 4) is 0 Å². The average molecular weight is 231 g/mol. The Balaban J connectivity index is 2.31. The fraction of sp³-hybridized carbons (Fsp3) is 0.308. The molecule has 0 amide bonds. The summed E-state index contributed by atoms with van der Waals surface area (Å²) in [5, 5.41) is 0.901. The number of benzene rings is 1. The van der Waals surface area contributed by atoms with Gasteiger partial charge in [0, 0.05) is 23.1 Å². The van der Waals surface area contributed by atoms with Gasteiger partial charge in [-0.2, -0.15) is 0 Å². The average Bonchev–Trinajstić information content (AvgIpc) is 3.10. The van der Waals surface area contributed by atoms with Crippen LogP contribution in [0.5, 0.6) is 0 Å². The lowest BCUT2D eigenvalue weighted by molar-refractivity contribution is 0.628. The maximum atomic E-state index is 13.4. The molecule has 1 aliphatic rings. The maximum absolute atomic E-state index is 13.4. The second kappa shape index (κ2) is 3.67. The minimum absolute atomic E-state index is 0.251. The Bertz CT molecular complexity index is 591. The van der Waals surface area contributed by atoms with Crippen LogP contribution in [0.2, 0.25) is 0 Å². The van der Waals surface area contributed by atoms with Gasteiger partial charge in [0.1, 0.15) is 5.82 Å². The monoisotopic (exact) mass is 231 g/mol. The topological polar surface area (TPSA) is 50.9 Å². The lowest BCUT2D eigenvalue weighted by Crippen LogP contribution is -2.09. The molecule has 1 aliphatic carbocycles. The van der Waals surface area contributed by atoms with Crippen molar-refractivity contribution in [3.05, 3.63) is 35.3 Å². The zero-order chi connectivity index (χ0) is 12.0. The van der Waals surface area contributed by atoms with E-state index in [1.165, 1.54) is 12.1 Å². The van der Waals surface area contributed by atoms with Crippen LogP contribution < -0.4 is 11.3 Å². The summed E-state index contributed by atoms with van der Waals surface area (Å²) < 4.78 is 13.4. The second-order valence-electron chi connectivity index (χ2n) is 4.63. The van der Waals surface area contributed by atoms with Crippen molar-refractivity contribution < 1.29 is 4.39 Å². The molecular formula is C13H14FN3. The number of pyridine rings is 1. The van der Waals surface area contributed by atoms with Gasteiger partial charge in [-0.05, 0) is 37.5 Å². The number of halogens is 1. The molecule has 2 aromatic rings. The zero-order valence-corrected chi connectivity index (χ0v) is 9.63. The summed E-state index contributed by atoms with van der Waals surface area (Å²) in [6.07, 6.45) is 2.33. The highest BCUT2D eigenvalue weighted by Crippen LogP contribution is 2.41. The van der Waals surface area contributed by atoms with E-state index in [1.54, 1.807) is 0 Å². The van der Waals surface area contributed by atoms with Gasteiger partial charge in [-0.25, -0.2) is 4.39 Å². The third kappa shape index (κ3) is 1.74. The first kappa shape index (κ1) is 10.5. The molecule has 0 saturated heterocycles. The minimum atomic E-state index is -0.251. The van der Waals surface area contributed by atoms with Crippen LogP contribution in [0.1, 0.15) is 30.0 Å². The Hall–Kier alpha value is -1.68. The first-order valence-electron chi connectivity index (χ1n) is 5.76. The molecule has 3 nitrogen and oxygen atoms in total. The molecule has 4 heteroatoms. The fourth-order valence-corrected chi connectivity index (χ4v) is 2.26. The molecule has 0 radical (unpaired) electrons. The number of nitrogens with one attached hydrogen (secondary N) is 1. The summed E-state index contributed by atoms with van der Waals surface area (Å²) in [6.45, 7) is 1.87. The molecule has 88 valence electrons. The Labute approximate surface area is 98.8 Å². The van der Waals surface area contributed by atoms with Crippen molar-refractivity contribution in [1.29, 1.82) is 0 Å². The van der Waals surface area contributed by atoms with E-state index in [1.807, 2.05) is 13.0 Å². The van der Waals surface area contributed by atoms with Gasteiger partial charge >= 0.3 is 0 Å². The van der Waals surface area contributed by atoms with Gasteiger partial charge in [0.25, 0.3) is 0 Å². The molecule has 17 heavy (non-hydrogen) atoms. The molecular weight excluding hydrogens is 217 g/mol. The largest absolute Gasteiger partial charge is 0.323 e. The van der Waals surface area contributed by atoms with Crippen LogP contribution in [-0.4, -0.2) is 4.98 Å². The Kier molecular flexibility index (Phi) is 2.26. The summed E-state index contributed by atoms with van der Waals surface area (Å²) in [5.41, 5.74) is 6.06. The van der Waals surface area contributed by atoms with Crippen LogP contribution in [0.3, 0.4) is 0 Å². The van der Waals surface area contributed by atoms with E-state index in [-0.39, 0.29) is 5.82 Å². The molecule has 3 N–H and O–H groups in total. The normalized spacial score (nSPS) is 15.2. The summed E-state index contributed by atoms with van der Waals surface area (Å²) >= 11 is 0. The lowest BCUT2D eigenvalue weighted by atomic mass is 10.1. The number of anilines is 1. The van der Waals surface area contributed by atoms with E-state index in [9.17, 15) is 4.39 Å². The first-order valence-corrected chi connectivity index (χ1v) is 5.76. The van der Waals surface area contributed by atoms with E-state index in [0.717, 1.165) is 35.2 Å². The highest BCUT2D eigenvalue weighted by atomic mass is 19.1. The number of aromatic nitrogens is 1. The number of hydrazine groups is 1. The Morgan fingerprint density at radius 2 is 2.12 bits per heavy atom. The van der Waals surface area contributed by atoms with Gasteiger partial charge < -0.3 is 5.43 Å². The maximum Gasteiger partial charge on any atom is 0.125 e. The van der Waals surface area contributed by atoms with E-state index < -0.39 is 0 Å². The van der Waals surface area contributed by atoms with Crippen molar-refractivity contribution in [2.45, 2.75) is 25.7 Å². The number of hydrogen-bond acceptors (Lipinski definition) is 3. The molecule has 1 aromatic carbocycles. The number of fused-ring (bicyclic) bond motifs is 1. The third-order valence-electron chi connectivity index (χ3n) is 3.24. The number of aryl methyl sites for hydroxylation is 1. The van der Waals surface area contributed by atoms with E-state index in [0.29, 0.717) is 11.4 Å². The van der Waals surface area contributed by atoms with Crippen molar-refractivity contribution in [3.63, 3.8) is 0 Å². The molecule has 0 bridgehead atoms. The van der Waals surface area contributed by atoms with Crippen molar-refractivity contribution >= 4 is 16.6 Å². The summed E-state index contributed by atoms with van der Waals surface area (Å²) in [6, 6.07) is 4.95. The van der Waals surface area contributed by atoms with Gasteiger partial charge in [0.2, 0.25) is 0 Å². The molecule has 1 aromatic heterocycles. The summed E-state index contributed by atoms with van der Waals surface area (Å²) in [4.78, 5) is 4.53. The van der Waals surface area contributed by atoms with Gasteiger partial charge in [-0.1, -0.05) is 0 Å². The molecule has 0 atom stereocenters.